The van der Waals surface area contributed by atoms with Crippen molar-refractivity contribution < 1.29 is 19.1 Å². The number of carbonyl (C=O) groups is 3. The molecule has 7 heteroatoms. The van der Waals surface area contributed by atoms with Crippen LogP contribution in [0.5, 0.6) is 5.75 Å². The Morgan fingerprint density at radius 1 is 0.867 bits per heavy atom. The molecule has 0 aliphatic carbocycles. The van der Waals surface area contributed by atoms with Gasteiger partial charge in [0.15, 0.2) is 0 Å². The number of nitrogens with one attached hydrogen (secondary N) is 2. The van der Waals surface area contributed by atoms with Crippen LogP contribution in [0.4, 0.5) is 11.4 Å². The molecule has 0 unspecified atom stereocenters. The molecule has 3 aromatic carbocycles. The van der Waals surface area contributed by atoms with Gasteiger partial charge in [0.25, 0.3) is 5.91 Å². The maximum Gasteiger partial charge on any atom is 0.308 e. The second kappa shape index (κ2) is 9.71. The largest absolute Gasteiger partial charge is 0.427 e. The summed E-state index contributed by atoms with van der Waals surface area (Å²) in [5.41, 5.74) is 2.06. The van der Waals surface area contributed by atoms with Crippen molar-refractivity contribution in [2.24, 2.45) is 0 Å². The van der Waals surface area contributed by atoms with Gasteiger partial charge in [0, 0.05) is 17.5 Å². The third-order valence-electron chi connectivity index (χ3n) is 4.09. The molecule has 0 fully saturated rings. The van der Waals surface area contributed by atoms with Crippen LogP contribution in [-0.2, 0) is 16.0 Å². The van der Waals surface area contributed by atoms with Gasteiger partial charge in [-0.15, -0.1) is 0 Å². The molecule has 6 nitrogen and oxygen atoms in total. The van der Waals surface area contributed by atoms with E-state index < -0.39 is 11.9 Å². The van der Waals surface area contributed by atoms with E-state index >= 15 is 0 Å². The molecule has 3 rings (SSSR count). The average molecular weight is 423 g/mol. The fraction of sp³-hybridized carbons (Fsp3) is 0.0870. The highest BCUT2D eigenvalue weighted by Crippen LogP contribution is 2.23. The molecule has 0 aliphatic heterocycles. The molecule has 0 aromatic heterocycles. The lowest BCUT2D eigenvalue weighted by atomic mass is 10.1. The monoisotopic (exact) mass is 422 g/mol. The number of hydrogen-bond donors (Lipinski definition) is 2. The van der Waals surface area contributed by atoms with E-state index in [1.165, 1.54) is 13.0 Å². The predicted octanol–water partition coefficient (Wildman–Crippen LogP) is 4.70. The Hall–Kier alpha value is -3.64. The Labute approximate surface area is 178 Å². The number of halogens is 1. The third-order valence-corrected chi connectivity index (χ3v) is 4.34. The Bertz CT molecular complexity index is 1080. The first-order valence-electron chi connectivity index (χ1n) is 9.14. The summed E-state index contributed by atoms with van der Waals surface area (Å²) in [5.74, 6) is -0.819. The molecule has 0 saturated heterocycles. The normalized spacial score (nSPS) is 10.2. The molecule has 30 heavy (non-hydrogen) atoms. The maximum absolute atomic E-state index is 12.6. The summed E-state index contributed by atoms with van der Waals surface area (Å²) in [7, 11) is 0. The van der Waals surface area contributed by atoms with Crippen molar-refractivity contribution in [2.45, 2.75) is 13.3 Å². The highest BCUT2D eigenvalue weighted by atomic mass is 35.5. The summed E-state index contributed by atoms with van der Waals surface area (Å²) in [6.45, 7) is 1.29. The lowest BCUT2D eigenvalue weighted by molar-refractivity contribution is -0.131. The molecule has 0 spiro atoms. The summed E-state index contributed by atoms with van der Waals surface area (Å²) in [4.78, 5) is 36.2. The minimum Gasteiger partial charge on any atom is -0.427 e. The van der Waals surface area contributed by atoms with Gasteiger partial charge in [-0.05, 0) is 48.0 Å². The second-order valence-electron chi connectivity index (χ2n) is 6.47. The van der Waals surface area contributed by atoms with Crippen LogP contribution in [0, 0.1) is 0 Å². The summed E-state index contributed by atoms with van der Waals surface area (Å²) < 4.78 is 5.01. The number of anilines is 2. The van der Waals surface area contributed by atoms with Gasteiger partial charge in [0.05, 0.1) is 17.8 Å². The Morgan fingerprint density at radius 2 is 1.53 bits per heavy atom. The van der Waals surface area contributed by atoms with E-state index in [0.717, 1.165) is 5.56 Å². The lowest BCUT2D eigenvalue weighted by Gasteiger charge is -2.13. The molecule has 0 atom stereocenters. The molecule has 0 radical (unpaired) electrons. The van der Waals surface area contributed by atoms with Crippen molar-refractivity contribution in [1.82, 2.24) is 0 Å². The second-order valence-corrected chi connectivity index (χ2v) is 6.91. The van der Waals surface area contributed by atoms with Crippen molar-refractivity contribution in [3.63, 3.8) is 0 Å². The maximum atomic E-state index is 12.6. The summed E-state index contributed by atoms with van der Waals surface area (Å²) in [6, 6.07) is 20.2. The number of benzene rings is 3. The molecular weight excluding hydrogens is 404 g/mol. The number of hydrogen-bond acceptors (Lipinski definition) is 4. The Balaban J connectivity index is 1.70. The van der Waals surface area contributed by atoms with E-state index in [1.54, 1.807) is 66.7 Å². The molecule has 0 saturated carbocycles. The van der Waals surface area contributed by atoms with E-state index in [1.807, 2.05) is 0 Å². The van der Waals surface area contributed by atoms with Crippen molar-refractivity contribution in [2.75, 3.05) is 10.6 Å². The van der Waals surface area contributed by atoms with Gasteiger partial charge in [-0.1, -0.05) is 41.9 Å². The topological polar surface area (TPSA) is 84.5 Å². The van der Waals surface area contributed by atoms with Crippen LogP contribution in [0.15, 0.2) is 72.8 Å². The molecule has 2 N–H and O–H groups in total. The van der Waals surface area contributed by atoms with Gasteiger partial charge < -0.3 is 15.4 Å². The molecule has 0 bridgehead atoms. The van der Waals surface area contributed by atoms with E-state index in [-0.39, 0.29) is 18.1 Å². The molecule has 0 aliphatic rings. The van der Waals surface area contributed by atoms with E-state index in [2.05, 4.69) is 10.6 Å². The van der Waals surface area contributed by atoms with Gasteiger partial charge in [-0.3, -0.25) is 14.4 Å². The minimum absolute atomic E-state index is 0.171. The van der Waals surface area contributed by atoms with Crippen molar-refractivity contribution >= 4 is 40.8 Å². The number of carbonyl (C=O) groups excluding carboxylic acids is 3. The van der Waals surface area contributed by atoms with Gasteiger partial charge in [0.2, 0.25) is 5.91 Å². The zero-order valence-electron chi connectivity index (χ0n) is 16.1. The number of ether oxygens (including phenoxy) is 1. The van der Waals surface area contributed by atoms with Crippen LogP contribution in [0.1, 0.15) is 22.8 Å². The van der Waals surface area contributed by atoms with E-state index in [0.29, 0.717) is 22.0 Å². The summed E-state index contributed by atoms with van der Waals surface area (Å²) >= 11 is 5.87. The highest BCUT2D eigenvalue weighted by Gasteiger charge is 2.12. The molecule has 3 aromatic rings. The minimum atomic E-state index is -0.471. The van der Waals surface area contributed by atoms with Gasteiger partial charge in [-0.2, -0.15) is 0 Å². The SMILES string of the molecule is CC(=O)Oc1cccc(C(=O)Nc2ccccc2NC(=O)Cc2ccc(Cl)cc2)c1. The zero-order valence-corrected chi connectivity index (χ0v) is 16.9. The standard InChI is InChI=1S/C23H19ClN2O4/c1-15(27)30-19-6-4-5-17(14-19)23(29)26-21-8-3-2-7-20(21)25-22(28)13-16-9-11-18(24)12-10-16/h2-12,14H,13H2,1H3,(H,25,28)(H,26,29). The molecular formula is C23H19ClN2O4. The first-order valence-corrected chi connectivity index (χ1v) is 9.51. The molecule has 0 heterocycles. The quantitative estimate of drug-likeness (QED) is 0.445. The van der Waals surface area contributed by atoms with Crippen LogP contribution < -0.4 is 15.4 Å². The summed E-state index contributed by atoms with van der Waals surface area (Å²) in [6.07, 6.45) is 0.171. The van der Waals surface area contributed by atoms with Gasteiger partial charge >= 0.3 is 5.97 Å². The lowest BCUT2D eigenvalue weighted by Crippen LogP contribution is -2.18. The van der Waals surface area contributed by atoms with Gasteiger partial charge in [0.1, 0.15) is 5.75 Å². The van der Waals surface area contributed by atoms with Crippen LogP contribution in [-0.4, -0.2) is 17.8 Å². The number of rotatable bonds is 6. The highest BCUT2D eigenvalue weighted by molar-refractivity contribution is 6.30. The zero-order chi connectivity index (χ0) is 21.5. The number of para-hydroxylation sites is 2. The fourth-order valence-corrected chi connectivity index (χ4v) is 2.87. The number of amides is 2. The summed E-state index contributed by atoms with van der Waals surface area (Å²) in [5, 5.41) is 6.19. The average Bonchev–Trinajstić information content (AvgIpc) is 2.71. The van der Waals surface area contributed by atoms with Crippen LogP contribution in [0.3, 0.4) is 0 Å². The molecule has 152 valence electrons. The van der Waals surface area contributed by atoms with Crippen molar-refractivity contribution in [3.8, 4) is 5.75 Å². The smallest absolute Gasteiger partial charge is 0.308 e. The van der Waals surface area contributed by atoms with E-state index in [4.69, 9.17) is 16.3 Å². The van der Waals surface area contributed by atoms with Crippen molar-refractivity contribution in [3.05, 3.63) is 88.9 Å². The number of esters is 1. The van der Waals surface area contributed by atoms with E-state index in [9.17, 15) is 14.4 Å². The Morgan fingerprint density at radius 3 is 2.20 bits per heavy atom. The first kappa shape index (κ1) is 21.1. The van der Waals surface area contributed by atoms with Crippen LogP contribution >= 0.6 is 11.6 Å². The molecule has 2 amide bonds. The van der Waals surface area contributed by atoms with Crippen LogP contribution in [0.2, 0.25) is 5.02 Å². The predicted molar refractivity (Wildman–Crippen MR) is 116 cm³/mol. The fourth-order valence-electron chi connectivity index (χ4n) is 2.74. The van der Waals surface area contributed by atoms with Crippen molar-refractivity contribution in [1.29, 1.82) is 0 Å². The first-order chi connectivity index (χ1) is 14.4. The Kier molecular flexibility index (Phi) is 6.83. The third kappa shape index (κ3) is 5.93. The van der Waals surface area contributed by atoms with Gasteiger partial charge in [-0.25, -0.2) is 0 Å². The van der Waals surface area contributed by atoms with Crippen LogP contribution in [0.25, 0.3) is 0 Å².